The molecule has 20 heavy (non-hydrogen) atoms. The number of nitrogens with zero attached hydrogens (tertiary/aromatic N) is 1. The largest absolute Gasteiger partial charge is 0.356 e. The number of halogens is 2. The molecule has 0 bridgehead atoms. The quantitative estimate of drug-likeness (QED) is 0.482. The number of hydrogen-bond donors (Lipinski definition) is 2. The molecule has 1 unspecified atom stereocenters. The Balaban J connectivity index is 2.54. The summed E-state index contributed by atoms with van der Waals surface area (Å²) in [5.41, 5.74) is 0.677. The molecule has 2 N–H and O–H groups in total. The summed E-state index contributed by atoms with van der Waals surface area (Å²) in [6.45, 7) is 2.70. The van der Waals surface area contributed by atoms with Gasteiger partial charge in [-0.1, -0.05) is 6.07 Å². The van der Waals surface area contributed by atoms with Crippen LogP contribution in [-0.4, -0.2) is 31.6 Å². The van der Waals surface area contributed by atoms with Crippen molar-refractivity contribution in [2.45, 2.75) is 19.4 Å². The lowest BCUT2D eigenvalue weighted by atomic mass is 10.1. The minimum Gasteiger partial charge on any atom is -0.356 e. The number of hydrogen-bond acceptors (Lipinski definition) is 2. The van der Waals surface area contributed by atoms with Gasteiger partial charge in [-0.15, -0.1) is 0 Å². The van der Waals surface area contributed by atoms with E-state index in [1.807, 2.05) is 6.92 Å². The molecule has 0 radical (unpaired) electrons. The van der Waals surface area contributed by atoms with E-state index in [2.05, 4.69) is 21.9 Å². The monoisotopic (exact) mass is 301 g/mol. The number of thioether (sulfide) groups is 1. The summed E-state index contributed by atoms with van der Waals surface area (Å²) in [6, 6.07) is 3.75. The predicted molar refractivity (Wildman–Crippen MR) is 82.3 cm³/mol. The average Bonchev–Trinajstić information content (AvgIpc) is 2.44. The first-order chi connectivity index (χ1) is 9.58. The highest BCUT2D eigenvalue weighted by Gasteiger charge is 2.10. The lowest BCUT2D eigenvalue weighted by Crippen LogP contribution is -2.39. The van der Waals surface area contributed by atoms with Gasteiger partial charge in [0.1, 0.15) is 0 Å². The maximum Gasteiger partial charge on any atom is 0.191 e. The van der Waals surface area contributed by atoms with E-state index in [1.54, 1.807) is 24.9 Å². The van der Waals surface area contributed by atoms with Crippen molar-refractivity contribution in [3.05, 3.63) is 35.4 Å². The van der Waals surface area contributed by atoms with Crippen LogP contribution in [-0.2, 0) is 0 Å². The van der Waals surface area contributed by atoms with E-state index in [9.17, 15) is 8.78 Å². The van der Waals surface area contributed by atoms with Crippen LogP contribution in [0.15, 0.2) is 23.2 Å². The minimum absolute atomic E-state index is 0.156. The first-order valence-corrected chi connectivity index (χ1v) is 7.89. The van der Waals surface area contributed by atoms with Gasteiger partial charge in [-0.25, -0.2) is 8.78 Å². The van der Waals surface area contributed by atoms with Gasteiger partial charge in [-0.2, -0.15) is 11.8 Å². The van der Waals surface area contributed by atoms with E-state index in [0.717, 1.165) is 24.8 Å². The van der Waals surface area contributed by atoms with Crippen molar-refractivity contribution in [1.29, 1.82) is 0 Å². The SMILES string of the molecule is CN=C(NCCCSC)NC(C)c1ccc(F)c(F)c1. The molecule has 0 aliphatic heterocycles. The van der Waals surface area contributed by atoms with Crippen LogP contribution in [0.5, 0.6) is 0 Å². The van der Waals surface area contributed by atoms with Crippen LogP contribution >= 0.6 is 11.8 Å². The number of benzene rings is 1. The van der Waals surface area contributed by atoms with Crippen LogP contribution < -0.4 is 10.6 Å². The highest BCUT2D eigenvalue weighted by atomic mass is 32.2. The van der Waals surface area contributed by atoms with Gasteiger partial charge in [-0.3, -0.25) is 4.99 Å². The molecular weight excluding hydrogens is 280 g/mol. The van der Waals surface area contributed by atoms with Crippen molar-refractivity contribution in [2.75, 3.05) is 25.6 Å². The highest BCUT2D eigenvalue weighted by molar-refractivity contribution is 7.98. The summed E-state index contributed by atoms with van der Waals surface area (Å²) in [6.07, 6.45) is 3.11. The minimum atomic E-state index is -0.834. The van der Waals surface area contributed by atoms with Crippen LogP contribution in [0, 0.1) is 11.6 Å². The van der Waals surface area contributed by atoms with E-state index in [4.69, 9.17) is 0 Å². The molecule has 1 rings (SSSR count). The van der Waals surface area contributed by atoms with E-state index in [-0.39, 0.29) is 6.04 Å². The zero-order valence-corrected chi connectivity index (χ0v) is 12.9. The van der Waals surface area contributed by atoms with Crippen LogP contribution in [0.1, 0.15) is 24.9 Å². The summed E-state index contributed by atoms with van der Waals surface area (Å²) in [5.74, 6) is 0.0749. The second-order valence-electron chi connectivity index (χ2n) is 4.38. The fourth-order valence-corrected chi connectivity index (χ4v) is 2.12. The van der Waals surface area contributed by atoms with Gasteiger partial charge in [0.15, 0.2) is 17.6 Å². The third kappa shape index (κ3) is 5.36. The van der Waals surface area contributed by atoms with E-state index < -0.39 is 11.6 Å². The van der Waals surface area contributed by atoms with Gasteiger partial charge in [0, 0.05) is 13.6 Å². The summed E-state index contributed by atoms with van der Waals surface area (Å²) in [7, 11) is 1.68. The van der Waals surface area contributed by atoms with Gasteiger partial charge >= 0.3 is 0 Å². The molecule has 0 saturated carbocycles. The third-order valence-electron chi connectivity index (χ3n) is 2.84. The lowest BCUT2D eigenvalue weighted by molar-refractivity contribution is 0.504. The normalized spacial score (nSPS) is 13.2. The van der Waals surface area contributed by atoms with E-state index >= 15 is 0 Å². The van der Waals surface area contributed by atoms with E-state index in [1.165, 1.54) is 6.07 Å². The standard InChI is InChI=1S/C14H21F2N3S/c1-10(11-5-6-12(15)13(16)9-11)19-14(17-2)18-7-4-8-20-3/h5-6,9-10H,4,7-8H2,1-3H3,(H2,17,18,19). The van der Waals surface area contributed by atoms with Crippen molar-refractivity contribution in [3.63, 3.8) is 0 Å². The molecule has 0 heterocycles. The lowest BCUT2D eigenvalue weighted by Gasteiger charge is -2.18. The van der Waals surface area contributed by atoms with E-state index in [0.29, 0.717) is 11.5 Å². The summed E-state index contributed by atoms with van der Waals surface area (Å²) < 4.78 is 26.1. The first kappa shape index (κ1) is 16.8. The maximum absolute atomic E-state index is 13.2. The van der Waals surface area contributed by atoms with Crippen LogP contribution in [0.2, 0.25) is 0 Å². The molecule has 0 aromatic heterocycles. The molecule has 0 fully saturated rings. The molecule has 0 aliphatic rings. The maximum atomic E-state index is 13.2. The Morgan fingerprint density at radius 3 is 2.70 bits per heavy atom. The number of nitrogens with one attached hydrogen (secondary N) is 2. The first-order valence-electron chi connectivity index (χ1n) is 6.49. The Labute approximate surface area is 123 Å². The zero-order valence-electron chi connectivity index (χ0n) is 12.0. The van der Waals surface area contributed by atoms with Gasteiger partial charge in [0.2, 0.25) is 0 Å². The Hall–Kier alpha value is -1.30. The van der Waals surface area contributed by atoms with Crippen LogP contribution in [0.25, 0.3) is 0 Å². The summed E-state index contributed by atoms with van der Waals surface area (Å²) >= 11 is 1.80. The Bertz CT molecular complexity index is 452. The molecule has 0 amide bonds. The highest BCUT2D eigenvalue weighted by Crippen LogP contribution is 2.15. The Morgan fingerprint density at radius 2 is 2.10 bits per heavy atom. The Morgan fingerprint density at radius 1 is 1.35 bits per heavy atom. The number of aliphatic imine (C=N–C) groups is 1. The Kier molecular flexibility index (Phi) is 7.36. The van der Waals surface area contributed by atoms with Crippen LogP contribution in [0.4, 0.5) is 8.78 Å². The smallest absolute Gasteiger partial charge is 0.191 e. The van der Waals surface area contributed by atoms with Gasteiger partial charge in [0.25, 0.3) is 0 Å². The van der Waals surface area contributed by atoms with Crippen molar-refractivity contribution in [3.8, 4) is 0 Å². The zero-order chi connectivity index (χ0) is 15.0. The van der Waals surface area contributed by atoms with Crippen molar-refractivity contribution in [2.24, 2.45) is 4.99 Å². The molecule has 6 heteroatoms. The molecule has 1 atom stereocenters. The van der Waals surface area contributed by atoms with Crippen LogP contribution in [0.3, 0.4) is 0 Å². The molecule has 1 aromatic carbocycles. The molecule has 0 saturated heterocycles. The number of guanidine groups is 1. The molecule has 0 spiro atoms. The molecular formula is C14H21F2N3S. The number of rotatable bonds is 6. The molecule has 0 aliphatic carbocycles. The second kappa shape index (κ2) is 8.79. The van der Waals surface area contributed by atoms with Crippen molar-refractivity contribution >= 4 is 17.7 Å². The predicted octanol–water partition coefficient (Wildman–Crippen LogP) is 2.94. The van der Waals surface area contributed by atoms with Crippen molar-refractivity contribution in [1.82, 2.24) is 10.6 Å². The third-order valence-corrected chi connectivity index (χ3v) is 3.54. The average molecular weight is 301 g/mol. The summed E-state index contributed by atoms with van der Waals surface area (Å²) in [4.78, 5) is 4.11. The molecule has 112 valence electrons. The second-order valence-corrected chi connectivity index (χ2v) is 5.37. The van der Waals surface area contributed by atoms with Gasteiger partial charge < -0.3 is 10.6 Å². The topological polar surface area (TPSA) is 36.4 Å². The van der Waals surface area contributed by atoms with Gasteiger partial charge in [0.05, 0.1) is 6.04 Å². The molecule has 3 nitrogen and oxygen atoms in total. The van der Waals surface area contributed by atoms with Crippen molar-refractivity contribution < 1.29 is 8.78 Å². The molecule has 1 aromatic rings. The van der Waals surface area contributed by atoms with Gasteiger partial charge in [-0.05, 0) is 43.0 Å². The fraction of sp³-hybridized carbons (Fsp3) is 0.500. The fourth-order valence-electron chi connectivity index (χ4n) is 1.69. The summed E-state index contributed by atoms with van der Waals surface area (Å²) in [5, 5.41) is 6.34.